The summed E-state index contributed by atoms with van der Waals surface area (Å²) in [5.74, 6) is 0. The van der Waals surface area contributed by atoms with Crippen LogP contribution in [0.2, 0.25) is 4.82 Å². The fourth-order valence-electron chi connectivity index (χ4n) is 1.84. The molecule has 17 heavy (non-hydrogen) atoms. The third-order valence-electron chi connectivity index (χ3n) is 2.70. The van der Waals surface area contributed by atoms with Gasteiger partial charge in [0.05, 0.1) is 0 Å². The van der Waals surface area contributed by atoms with Crippen molar-refractivity contribution in [1.29, 1.82) is 0 Å². The van der Waals surface area contributed by atoms with Gasteiger partial charge in [0.1, 0.15) is 0 Å². The van der Waals surface area contributed by atoms with Crippen LogP contribution in [0.15, 0.2) is 30.3 Å². The predicted molar refractivity (Wildman–Crippen MR) is 73.4 cm³/mol. The summed E-state index contributed by atoms with van der Waals surface area (Å²) in [4.78, 5) is 0.708. The minimum Gasteiger partial charge on any atom is 2.00 e. The van der Waals surface area contributed by atoms with E-state index in [0.717, 1.165) is 0 Å². The molecule has 0 spiro atoms. The van der Waals surface area contributed by atoms with Crippen LogP contribution in [0.5, 0.6) is 0 Å². The molecule has 0 bridgehead atoms. The minimum atomic E-state index is 0. The molecule has 2 unspecified atom stereocenters. The molecular weight excluding hydrogens is 456 g/mol. The van der Waals surface area contributed by atoms with Crippen molar-refractivity contribution in [2.45, 2.75) is 50.4 Å². The molecule has 1 rings (SSSR count). The summed E-state index contributed by atoms with van der Waals surface area (Å²) < 4.78 is 1.49. The van der Waals surface area contributed by atoms with E-state index in [-0.39, 0.29) is 21.1 Å². The molecule has 1 aromatic rings. The molecule has 0 aliphatic carbocycles. The Morgan fingerprint density at radius 1 is 1.06 bits per heavy atom. The van der Waals surface area contributed by atoms with Gasteiger partial charge in [0.2, 0.25) is 0 Å². The average molecular weight is 479 g/mol. The molecule has 0 heterocycles. The van der Waals surface area contributed by atoms with Crippen LogP contribution in [-0.4, -0.2) is 21.0 Å². The van der Waals surface area contributed by atoms with Crippen LogP contribution >= 0.6 is 0 Å². The van der Waals surface area contributed by atoms with Gasteiger partial charge < -0.3 is 0 Å². The summed E-state index contributed by atoms with van der Waals surface area (Å²) in [6, 6.07) is 11.2. The van der Waals surface area contributed by atoms with Gasteiger partial charge in [-0.25, -0.2) is 0 Å². The molecule has 1 aromatic carbocycles. The van der Waals surface area contributed by atoms with Crippen molar-refractivity contribution in [2.24, 2.45) is 5.73 Å². The van der Waals surface area contributed by atoms with Crippen molar-refractivity contribution in [3.05, 3.63) is 30.3 Å². The summed E-state index contributed by atoms with van der Waals surface area (Å²) in [6.45, 7) is 4.48. The average Bonchev–Trinajstić information content (AvgIpc) is 2.30. The first-order chi connectivity index (χ1) is 7.77. The predicted octanol–water partition coefficient (Wildman–Crippen LogP) is 2.73. The van der Waals surface area contributed by atoms with E-state index in [0.29, 0.717) is 25.8 Å². The molecule has 0 saturated heterocycles. The van der Waals surface area contributed by atoms with Gasteiger partial charge in [-0.15, -0.1) is 0 Å². The molecule has 2 atom stereocenters. The van der Waals surface area contributed by atoms with Gasteiger partial charge >= 0.3 is 127 Å². The summed E-state index contributed by atoms with van der Waals surface area (Å²) in [5.41, 5.74) is 6.28. The van der Waals surface area contributed by atoms with Crippen molar-refractivity contribution in [2.75, 3.05) is 0 Å². The van der Waals surface area contributed by atoms with E-state index in [4.69, 9.17) is 5.73 Å². The standard InChI is InChI=1S/C14H23NSe.Pt/c1-3-8-13(15)14(9-4-2)16-12-10-6-5-7-11-12;/h5-7,10-11,13-14H,3-4,8-9,15H2,1-2H3;/q+1;+2. The van der Waals surface area contributed by atoms with E-state index < -0.39 is 0 Å². The Bertz CT molecular complexity index is 279. The molecule has 0 saturated carbocycles. The van der Waals surface area contributed by atoms with E-state index in [1.807, 2.05) is 0 Å². The molecule has 97 valence electrons. The van der Waals surface area contributed by atoms with E-state index in [9.17, 15) is 0 Å². The maximum Gasteiger partial charge on any atom is 2.00 e. The van der Waals surface area contributed by atoms with Gasteiger partial charge in [-0.1, -0.05) is 0 Å². The van der Waals surface area contributed by atoms with Crippen molar-refractivity contribution >= 4 is 19.4 Å². The van der Waals surface area contributed by atoms with Gasteiger partial charge in [-0.3, -0.25) is 0 Å². The largest absolute Gasteiger partial charge is 2.00 e. The first kappa shape index (κ1) is 17.4. The number of hydrogen-bond donors (Lipinski definition) is 1. The van der Waals surface area contributed by atoms with Crippen LogP contribution in [0.3, 0.4) is 0 Å². The normalized spacial score (nSPS) is 13.8. The number of nitrogens with two attached hydrogens (primary N) is 1. The van der Waals surface area contributed by atoms with Crippen molar-refractivity contribution < 1.29 is 21.1 Å². The van der Waals surface area contributed by atoms with Gasteiger partial charge in [0, 0.05) is 0 Å². The summed E-state index contributed by atoms with van der Waals surface area (Å²) in [7, 11) is 0. The molecule has 2 N–H and O–H groups in total. The van der Waals surface area contributed by atoms with Gasteiger partial charge in [0.25, 0.3) is 0 Å². The number of rotatable bonds is 7. The quantitative estimate of drug-likeness (QED) is 0.599. The zero-order valence-corrected chi connectivity index (χ0v) is 14.7. The summed E-state index contributed by atoms with van der Waals surface area (Å²) >= 11 is 0.534. The van der Waals surface area contributed by atoms with Crippen LogP contribution in [0.4, 0.5) is 0 Å². The molecule has 0 amide bonds. The number of benzene rings is 1. The Morgan fingerprint density at radius 3 is 2.18 bits per heavy atom. The third kappa shape index (κ3) is 6.77. The van der Waals surface area contributed by atoms with Gasteiger partial charge in [0.15, 0.2) is 0 Å². The van der Waals surface area contributed by atoms with E-state index in [2.05, 4.69) is 44.2 Å². The second-order valence-electron chi connectivity index (χ2n) is 4.21. The van der Waals surface area contributed by atoms with Gasteiger partial charge in [-0.05, 0) is 0 Å². The van der Waals surface area contributed by atoms with E-state index >= 15 is 0 Å². The monoisotopic (exact) mass is 480 g/mol. The molecule has 0 fully saturated rings. The Kier molecular flexibility index (Phi) is 10.6. The third-order valence-corrected chi connectivity index (χ3v) is 5.71. The van der Waals surface area contributed by atoms with Crippen LogP contribution in [-0.2, 0) is 21.1 Å². The zero-order valence-electron chi connectivity index (χ0n) is 10.7. The van der Waals surface area contributed by atoms with Crippen molar-refractivity contribution in [3.8, 4) is 0 Å². The zero-order chi connectivity index (χ0) is 11.8. The van der Waals surface area contributed by atoms with Crippen LogP contribution in [0.25, 0.3) is 0 Å². The SMILES string of the molecule is CCCC(N)C(CCC)[Se+]c1ccccc1.[Pt+2]. The second kappa shape index (κ2) is 10.3. The van der Waals surface area contributed by atoms with Gasteiger partial charge in [-0.2, -0.15) is 0 Å². The van der Waals surface area contributed by atoms with E-state index in [1.165, 1.54) is 30.1 Å². The Balaban J connectivity index is 0.00000256. The number of hydrogen-bond acceptors (Lipinski definition) is 1. The van der Waals surface area contributed by atoms with Crippen molar-refractivity contribution in [3.63, 3.8) is 0 Å². The fraction of sp³-hybridized carbons (Fsp3) is 0.571. The molecule has 0 aliphatic heterocycles. The molecule has 0 aliphatic rings. The van der Waals surface area contributed by atoms with E-state index in [1.54, 1.807) is 0 Å². The minimum absolute atomic E-state index is 0. The first-order valence-electron chi connectivity index (χ1n) is 6.25. The summed E-state index contributed by atoms with van der Waals surface area (Å²) in [5, 5.41) is 0. The van der Waals surface area contributed by atoms with Crippen molar-refractivity contribution in [1.82, 2.24) is 0 Å². The maximum atomic E-state index is 6.28. The second-order valence-corrected chi connectivity index (χ2v) is 6.96. The topological polar surface area (TPSA) is 26.0 Å². The van der Waals surface area contributed by atoms with Crippen LogP contribution < -0.4 is 10.2 Å². The molecule has 0 aromatic heterocycles. The Morgan fingerprint density at radius 2 is 1.65 bits per heavy atom. The Hall–Kier alpha value is 0.388. The fourth-order valence-corrected chi connectivity index (χ4v) is 4.62. The van der Waals surface area contributed by atoms with Crippen LogP contribution in [0.1, 0.15) is 39.5 Å². The Labute approximate surface area is 126 Å². The molecule has 3 heteroatoms. The summed E-state index contributed by atoms with van der Waals surface area (Å²) in [6.07, 6.45) is 4.89. The molecule has 1 nitrogen and oxygen atoms in total. The molecular formula is C14H23NPtSe+3. The maximum absolute atomic E-state index is 6.28. The smallest absolute Gasteiger partial charge is 2.00 e. The first-order valence-corrected chi connectivity index (χ1v) is 8.09. The van der Waals surface area contributed by atoms with Crippen LogP contribution in [0, 0.1) is 0 Å². The molecule has 1 radical (unpaired) electrons.